The van der Waals surface area contributed by atoms with Gasteiger partial charge in [-0.1, -0.05) is 49.0 Å². The molecule has 0 spiro atoms. The monoisotopic (exact) mass is 455 g/mol. The van der Waals surface area contributed by atoms with E-state index >= 15 is 0 Å². The number of aryl methyl sites for hydroxylation is 1. The van der Waals surface area contributed by atoms with Crippen molar-refractivity contribution in [2.24, 2.45) is 4.99 Å². The van der Waals surface area contributed by atoms with Crippen molar-refractivity contribution in [3.05, 3.63) is 45.9 Å². The topological polar surface area (TPSA) is 12.4 Å². The van der Waals surface area contributed by atoms with Crippen LogP contribution < -0.4 is 0 Å². The Morgan fingerprint density at radius 1 is 1.31 bits per heavy atom. The minimum absolute atomic E-state index is 0. The average Bonchev–Trinajstić information content (AvgIpc) is 2.23. The molecule has 0 heterocycles. The van der Waals surface area contributed by atoms with Crippen LogP contribution in [0.3, 0.4) is 0 Å². The van der Waals surface area contributed by atoms with E-state index in [2.05, 4.69) is 46.0 Å². The number of fused-ring (bicyclic) bond motifs is 1. The van der Waals surface area contributed by atoms with E-state index in [1.807, 2.05) is 18.3 Å². The van der Waals surface area contributed by atoms with E-state index in [1.54, 1.807) is 7.05 Å². The number of hydrogen-bond acceptors (Lipinski definition) is 1. The largest absolute Gasteiger partial charge is 0.306 e. The van der Waals surface area contributed by atoms with Gasteiger partial charge in [-0.25, -0.2) is 0 Å². The number of nitrogens with zero attached hydrogens (tertiary/aromatic N) is 1. The Morgan fingerprint density at radius 2 is 2.06 bits per heavy atom. The van der Waals surface area contributed by atoms with Crippen LogP contribution >= 0.6 is 15.9 Å². The Morgan fingerprint density at radius 3 is 2.75 bits per heavy atom. The Kier molecular flexibility index (Phi) is 4.88. The summed E-state index contributed by atoms with van der Waals surface area (Å²) in [6, 6.07) is 11.4. The summed E-state index contributed by atoms with van der Waals surface area (Å²) in [6.45, 7) is 2.09. The summed E-state index contributed by atoms with van der Waals surface area (Å²) in [7, 11) is 1.79. The molecule has 0 radical (unpaired) electrons. The van der Waals surface area contributed by atoms with E-state index in [4.69, 9.17) is 0 Å². The van der Waals surface area contributed by atoms with Crippen LogP contribution in [-0.4, -0.2) is 13.3 Å². The van der Waals surface area contributed by atoms with Gasteiger partial charge in [-0.2, -0.15) is 0 Å². The molecule has 0 aliphatic heterocycles. The summed E-state index contributed by atoms with van der Waals surface area (Å²) in [5, 5.41) is 2.30. The third-order valence-corrected chi connectivity index (χ3v) is 3.13. The summed E-state index contributed by atoms with van der Waals surface area (Å²) in [4.78, 5) is 4.09. The zero-order valence-electron chi connectivity index (χ0n) is 9.03. The third kappa shape index (κ3) is 2.44. The predicted octanol–water partition coefficient (Wildman–Crippen LogP) is 3.76. The van der Waals surface area contributed by atoms with Crippen molar-refractivity contribution in [2.45, 2.75) is 6.92 Å². The van der Waals surface area contributed by atoms with E-state index in [0.29, 0.717) is 0 Å². The molecule has 0 aliphatic carbocycles. The fourth-order valence-corrected chi connectivity index (χ4v) is 2.12. The van der Waals surface area contributed by atoms with E-state index in [-0.39, 0.29) is 21.1 Å². The molecule has 0 amide bonds. The molecule has 0 aromatic heterocycles. The van der Waals surface area contributed by atoms with Crippen LogP contribution in [0.25, 0.3) is 10.8 Å². The van der Waals surface area contributed by atoms with Crippen molar-refractivity contribution in [3.8, 4) is 0 Å². The zero-order chi connectivity index (χ0) is 10.8. The first kappa shape index (κ1) is 13.6. The summed E-state index contributed by atoms with van der Waals surface area (Å²) in [6.07, 6.45) is 1.89. The summed E-state index contributed by atoms with van der Waals surface area (Å²) in [5.74, 6) is 0. The summed E-state index contributed by atoms with van der Waals surface area (Å²) < 4.78 is 1.10. The number of aliphatic imine (C=N–C) groups is 1. The van der Waals surface area contributed by atoms with Gasteiger partial charge in [-0.15, -0.1) is 23.6 Å². The average molecular weight is 456 g/mol. The summed E-state index contributed by atoms with van der Waals surface area (Å²) in [5.41, 5.74) is 2.37. The van der Waals surface area contributed by atoms with Gasteiger partial charge in [0.15, 0.2) is 0 Å². The maximum absolute atomic E-state index is 4.09. The molecule has 2 aromatic carbocycles. The smallest absolute Gasteiger partial charge is 0.0267 e. The quantitative estimate of drug-likeness (QED) is 0.458. The van der Waals surface area contributed by atoms with Gasteiger partial charge in [0.05, 0.1) is 0 Å². The Hall–Kier alpha value is -0.462. The number of halogens is 1. The maximum atomic E-state index is 4.09. The van der Waals surface area contributed by atoms with E-state index < -0.39 is 0 Å². The molecule has 0 unspecified atom stereocenters. The molecular weight excluding hydrogens is 445 g/mol. The van der Waals surface area contributed by atoms with Crippen LogP contribution in [0.4, 0.5) is 0 Å². The first-order valence-electron chi connectivity index (χ1n) is 4.75. The second-order valence-electron chi connectivity index (χ2n) is 3.43. The maximum Gasteiger partial charge on any atom is 0.0267 e. The molecule has 0 aliphatic rings. The van der Waals surface area contributed by atoms with Crippen molar-refractivity contribution in [1.29, 1.82) is 0 Å². The second-order valence-corrected chi connectivity index (χ2v) is 4.29. The summed E-state index contributed by atoms with van der Waals surface area (Å²) >= 11 is 3.54. The van der Waals surface area contributed by atoms with Crippen molar-refractivity contribution in [1.82, 2.24) is 0 Å². The normalized spacial score (nSPS) is 10.7. The Labute approximate surface area is 118 Å². The molecule has 2 rings (SSSR count). The van der Waals surface area contributed by atoms with Gasteiger partial charge in [0.25, 0.3) is 0 Å². The SMILES string of the molecule is CN=Cc1c(C)ccc2c(Br)cc[c-]c12.[Pt]. The fraction of sp³-hybridized carbons (Fsp3) is 0.154. The molecule has 0 N–H and O–H groups in total. The van der Waals surface area contributed by atoms with Crippen molar-refractivity contribution < 1.29 is 21.1 Å². The van der Waals surface area contributed by atoms with Gasteiger partial charge in [0.1, 0.15) is 0 Å². The van der Waals surface area contributed by atoms with E-state index in [1.165, 1.54) is 10.9 Å². The van der Waals surface area contributed by atoms with Crippen LogP contribution in [-0.2, 0) is 21.1 Å². The van der Waals surface area contributed by atoms with Crippen molar-refractivity contribution >= 4 is 32.9 Å². The molecule has 2 aromatic rings. The Balaban J connectivity index is 0.00000128. The number of benzene rings is 2. The van der Waals surface area contributed by atoms with Gasteiger partial charge in [-0.05, 0) is 13.1 Å². The molecule has 0 atom stereocenters. The molecule has 1 nitrogen and oxygen atoms in total. The van der Waals surface area contributed by atoms with Gasteiger partial charge in [0, 0.05) is 28.1 Å². The van der Waals surface area contributed by atoms with Gasteiger partial charge in [-0.3, -0.25) is 0 Å². The van der Waals surface area contributed by atoms with Crippen molar-refractivity contribution in [3.63, 3.8) is 0 Å². The molecule has 3 heteroatoms. The fourth-order valence-electron chi connectivity index (χ4n) is 1.66. The number of rotatable bonds is 1. The molecule has 0 bridgehead atoms. The van der Waals surface area contributed by atoms with Crippen molar-refractivity contribution in [2.75, 3.05) is 7.05 Å². The molecular formula is C13H11BrNPt-. The first-order valence-corrected chi connectivity index (χ1v) is 5.55. The Bertz CT molecular complexity index is 535. The zero-order valence-corrected chi connectivity index (χ0v) is 12.9. The third-order valence-electron chi connectivity index (χ3n) is 2.44. The molecule has 86 valence electrons. The van der Waals surface area contributed by atoms with Crippen LogP contribution in [0.1, 0.15) is 11.1 Å². The van der Waals surface area contributed by atoms with E-state index in [0.717, 1.165) is 15.4 Å². The van der Waals surface area contributed by atoms with Gasteiger partial charge >= 0.3 is 0 Å². The van der Waals surface area contributed by atoms with Gasteiger partial charge < -0.3 is 4.99 Å². The van der Waals surface area contributed by atoms with Crippen LogP contribution in [0, 0.1) is 13.0 Å². The molecule has 0 saturated carbocycles. The van der Waals surface area contributed by atoms with Crippen LogP contribution in [0.15, 0.2) is 33.7 Å². The van der Waals surface area contributed by atoms with Crippen LogP contribution in [0.2, 0.25) is 0 Å². The second kappa shape index (κ2) is 5.74. The first-order chi connectivity index (χ1) is 7.24. The number of hydrogen-bond donors (Lipinski definition) is 0. The molecule has 0 saturated heterocycles. The van der Waals surface area contributed by atoms with Gasteiger partial charge in [0.2, 0.25) is 0 Å². The van der Waals surface area contributed by atoms with E-state index in [9.17, 15) is 0 Å². The molecule has 16 heavy (non-hydrogen) atoms. The van der Waals surface area contributed by atoms with Crippen LogP contribution in [0.5, 0.6) is 0 Å². The standard InChI is InChI=1S/C13H11BrN.Pt/c1-9-6-7-11-10(12(9)8-15-2)4-3-5-13(11)14;/h3,5-8H,1-2H3;/q-1;. The minimum Gasteiger partial charge on any atom is -0.306 e. The molecule has 0 fully saturated rings. The predicted molar refractivity (Wildman–Crippen MR) is 68.7 cm³/mol. The minimum atomic E-state index is 0.